The van der Waals surface area contributed by atoms with Crippen molar-refractivity contribution in [2.45, 2.75) is 19.4 Å². The van der Waals surface area contributed by atoms with Gasteiger partial charge in [-0.3, -0.25) is 19.7 Å². The van der Waals surface area contributed by atoms with Gasteiger partial charge in [-0.15, -0.1) is 0 Å². The molecule has 0 aliphatic heterocycles. The van der Waals surface area contributed by atoms with E-state index in [4.69, 9.17) is 4.74 Å². The van der Waals surface area contributed by atoms with E-state index in [9.17, 15) is 24.5 Å². The molecule has 0 unspecified atom stereocenters. The first-order valence-electron chi connectivity index (χ1n) is 9.51. The van der Waals surface area contributed by atoms with Crippen LogP contribution in [0, 0.1) is 10.1 Å². The average Bonchev–Trinajstić information content (AvgIpc) is 2.82. The Labute approximate surface area is 178 Å². The van der Waals surface area contributed by atoms with E-state index < -0.39 is 22.7 Å². The van der Waals surface area contributed by atoms with Gasteiger partial charge >= 0.3 is 11.9 Å². The second-order valence-electron chi connectivity index (χ2n) is 6.91. The Morgan fingerprint density at radius 2 is 1.52 bits per heavy atom. The van der Waals surface area contributed by atoms with Gasteiger partial charge in [0.1, 0.15) is 11.5 Å². The van der Waals surface area contributed by atoms with Crippen molar-refractivity contribution in [1.29, 1.82) is 0 Å². The summed E-state index contributed by atoms with van der Waals surface area (Å²) >= 11 is 0. The molecule has 0 bridgehead atoms. The molecular formula is C24H19NO6. The molecular weight excluding hydrogens is 398 g/mol. The third-order valence-corrected chi connectivity index (χ3v) is 4.79. The van der Waals surface area contributed by atoms with E-state index in [0.717, 1.165) is 0 Å². The SMILES string of the molecule is C[C@H](C(=O)OCc1ccc(C(=O)[N+](=O)[O-])cc1)c1cccc(C(=O)c2ccccc2)c1. The van der Waals surface area contributed by atoms with Crippen molar-refractivity contribution in [3.63, 3.8) is 0 Å². The zero-order valence-electron chi connectivity index (χ0n) is 16.7. The molecule has 1 atom stereocenters. The van der Waals surface area contributed by atoms with E-state index in [0.29, 0.717) is 22.3 Å². The zero-order chi connectivity index (χ0) is 22.4. The van der Waals surface area contributed by atoms with Crippen LogP contribution in [-0.4, -0.2) is 22.6 Å². The third kappa shape index (κ3) is 5.27. The van der Waals surface area contributed by atoms with Gasteiger partial charge in [0, 0.05) is 11.1 Å². The maximum absolute atomic E-state index is 12.6. The van der Waals surface area contributed by atoms with Crippen molar-refractivity contribution < 1.29 is 24.0 Å². The average molecular weight is 417 g/mol. The number of benzene rings is 3. The number of ether oxygens (including phenoxy) is 1. The summed E-state index contributed by atoms with van der Waals surface area (Å²) in [5.41, 5.74) is 2.24. The van der Waals surface area contributed by atoms with Gasteiger partial charge in [-0.1, -0.05) is 60.7 Å². The van der Waals surface area contributed by atoms with Gasteiger partial charge < -0.3 is 4.74 Å². The minimum Gasteiger partial charge on any atom is -0.460 e. The quantitative estimate of drug-likeness (QED) is 0.247. The Hall–Kier alpha value is -4.13. The molecule has 3 aromatic carbocycles. The van der Waals surface area contributed by atoms with Gasteiger partial charge in [0.25, 0.3) is 0 Å². The van der Waals surface area contributed by atoms with Gasteiger partial charge in [-0.25, -0.2) is 4.79 Å². The summed E-state index contributed by atoms with van der Waals surface area (Å²) in [6.45, 7) is 1.64. The molecule has 0 aromatic heterocycles. The number of ketones is 1. The van der Waals surface area contributed by atoms with Crippen LogP contribution in [0.2, 0.25) is 0 Å². The van der Waals surface area contributed by atoms with Crippen LogP contribution in [0.4, 0.5) is 0 Å². The van der Waals surface area contributed by atoms with Crippen LogP contribution >= 0.6 is 0 Å². The second kappa shape index (κ2) is 9.58. The molecule has 0 radical (unpaired) electrons. The molecule has 31 heavy (non-hydrogen) atoms. The lowest BCUT2D eigenvalue weighted by Crippen LogP contribution is -2.14. The molecule has 0 N–H and O–H groups in total. The first-order valence-corrected chi connectivity index (χ1v) is 9.51. The number of hydrogen-bond acceptors (Lipinski definition) is 6. The van der Waals surface area contributed by atoms with E-state index in [2.05, 4.69) is 0 Å². The molecule has 156 valence electrons. The van der Waals surface area contributed by atoms with E-state index in [1.165, 1.54) is 24.3 Å². The molecule has 0 saturated heterocycles. The topological polar surface area (TPSA) is 104 Å². The highest BCUT2D eigenvalue weighted by atomic mass is 16.6. The fourth-order valence-corrected chi connectivity index (χ4v) is 2.97. The predicted octanol–water partition coefficient (Wildman–Crippen LogP) is 4.18. The van der Waals surface area contributed by atoms with E-state index >= 15 is 0 Å². The molecule has 7 heteroatoms. The maximum Gasteiger partial charge on any atom is 0.476 e. The highest BCUT2D eigenvalue weighted by Crippen LogP contribution is 2.21. The van der Waals surface area contributed by atoms with Crippen LogP contribution in [0.15, 0.2) is 78.9 Å². The number of nitrogens with zero attached hydrogens (tertiary/aromatic N) is 1. The molecule has 0 saturated carbocycles. The van der Waals surface area contributed by atoms with Crippen molar-refractivity contribution in [3.05, 3.63) is 117 Å². The summed E-state index contributed by atoms with van der Waals surface area (Å²) in [5, 5.41) is 10.5. The summed E-state index contributed by atoms with van der Waals surface area (Å²) < 4.78 is 5.33. The minimum absolute atomic E-state index is 0.0429. The van der Waals surface area contributed by atoms with Crippen molar-refractivity contribution in [2.75, 3.05) is 0 Å². The monoisotopic (exact) mass is 417 g/mol. The summed E-state index contributed by atoms with van der Waals surface area (Å²) in [7, 11) is 0. The van der Waals surface area contributed by atoms with Crippen LogP contribution < -0.4 is 0 Å². The van der Waals surface area contributed by atoms with Gasteiger partial charge in [-0.2, -0.15) is 0 Å². The molecule has 3 aromatic rings. The molecule has 0 aliphatic rings. The normalized spacial score (nSPS) is 11.4. The number of amides is 1. The molecule has 7 nitrogen and oxygen atoms in total. The van der Waals surface area contributed by atoms with Crippen molar-refractivity contribution in [1.82, 2.24) is 0 Å². The highest BCUT2D eigenvalue weighted by molar-refractivity contribution is 6.09. The smallest absolute Gasteiger partial charge is 0.460 e. The van der Waals surface area contributed by atoms with E-state index in [1.54, 1.807) is 55.5 Å². The van der Waals surface area contributed by atoms with Gasteiger partial charge in [0.15, 0.2) is 5.78 Å². The lowest BCUT2D eigenvalue weighted by Gasteiger charge is -2.13. The Balaban J connectivity index is 1.64. The largest absolute Gasteiger partial charge is 0.476 e. The number of esters is 1. The molecule has 3 rings (SSSR count). The number of rotatable bonds is 7. The van der Waals surface area contributed by atoms with Gasteiger partial charge in [0.2, 0.25) is 0 Å². The highest BCUT2D eigenvalue weighted by Gasteiger charge is 2.20. The fourth-order valence-electron chi connectivity index (χ4n) is 2.97. The van der Waals surface area contributed by atoms with Crippen LogP contribution in [0.1, 0.15) is 50.2 Å². The summed E-state index contributed by atoms with van der Waals surface area (Å²) in [5.74, 6) is -2.40. The van der Waals surface area contributed by atoms with Gasteiger partial charge in [-0.05, 0) is 36.2 Å². The number of carbonyl (C=O) groups excluding carboxylic acids is 3. The Kier molecular flexibility index (Phi) is 6.67. The number of carbonyl (C=O) groups is 3. The lowest BCUT2D eigenvalue weighted by molar-refractivity contribution is -0.375. The Morgan fingerprint density at radius 1 is 0.871 bits per heavy atom. The molecule has 0 aliphatic carbocycles. The van der Waals surface area contributed by atoms with Crippen LogP contribution in [0.5, 0.6) is 0 Å². The van der Waals surface area contributed by atoms with Crippen LogP contribution in [-0.2, 0) is 16.1 Å². The maximum atomic E-state index is 12.6. The molecule has 0 spiro atoms. The van der Waals surface area contributed by atoms with Crippen molar-refractivity contribution in [3.8, 4) is 0 Å². The molecule has 0 heterocycles. The standard InChI is InChI=1S/C24H19NO6/c1-16(20-8-5-9-21(14-20)22(26)18-6-3-2-4-7-18)24(28)31-15-17-10-12-19(13-11-17)23(27)25(29)30/h2-14,16H,15H2,1H3/t16-/m0/s1. The first-order chi connectivity index (χ1) is 14.9. The summed E-state index contributed by atoms with van der Waals surface area (Å²) in [4.78, 5) is 46.0. The van der Waals surface area contributed by atoms with Crippen LogP contribution in [0.3, 0.4) is 0 Å². The van der Waals surface area contributed by atoms with E-state index in [-0.39, 0.29) is 18.0 Å². The molecule has 1 amide bonds. The van der Waals surface area contributed by atoms with E-state index in [1.807, 2.05) is 6.07 Å². The van der Waals surface area contributed by atoms with Gasteiger partial charge in [0.05, 0.1) is 11.5 Å². The minimum atomic E-state index is -1.19. The number of hydrogen-bond donors (Lipinski definition) is 0. The Morgan fingerprint density at radius 3 is 2.16 bits per heavy atom. The van der Waals surface area contributed by atoms with Crippen molar-refractivity contribution >= 4 is 17.7 Å². The molecule has 0 fully saturated rings. The number of nitro groups is 1. The van der Waals surface area contributed by atoms with Crippen molar-refractivity contribution in [2.24, 2.45) is 0 Å². The Bertz CT molecular complexity index is 1120. The van der Waals surface area contributed by atoms with Crippen LogP contribution in [0.25, 0.3) is 0 Å². The third-order valence-electron chi connectivity index (χ3n) is 4.79. The summed E-state index contributed by atoms with van der Waals surface area (Å²) in [6, 6.07) is 21.4. The first kappa shape index (κ1) is 21.6. The summed E-state index contributed by atoms with van der Waals surface area (Å²) in [6.07, 6.45) is 0. The lowest BCUT2D eigenvalue weighted by atomic mass is 9.96. The predicted molar refractivity (Wildman–Crippen MR) is 112 cm³/mol. The second-order valence-corrected chi connectivity index (χ2v) is 6.91. The fraction of sp³-hybridized carbons (Fsp3) is 0.125. The zero-order valence-corrected chi connectivity index (χ0v) is 16.7.